The van der Waals surface area contributed by atoms with E-state index in [0.717, 1.165) is 12.5 Å². The number of nitrogens with zero attached hydrogens (tertiary/aromatic N) is 1. The molecule has 0 aromatic heterocycles. The van der Waals surface area contributed by atoms with Gasteiger partial charge in [0, 0.05) is 12.5 Å². The summed E-state index contributed by atoms with van der Waals surface area (Å²) in [6.45, 7) is 7.87. The van der Waals surface area contributed by atoms with Gasteiger partial charge in [0.25, 0.3) is 0 Å². The second-order valence-electron chi connectivity index (χ2n) is 8.62. The molecule has 1 saturated carbocycles. The number of hydrogen-bond acceptors (Lipinski definition) is 3. The molecule has 1 aromatic rings. The summed E-state index contributed by atoms with van der Waals surface area (Å²) in [5.74, 6) is 2.53. The zero-order valence-corrected chi connectivity index (χ0v) is 16.2. The van der Waals surface area contributed by atoms with Crippen LogP contribution in [0, 0.1) is 23.7 Å². The highest BCUT2D eigenvalue weighted by atomic mass is 16.6. The monoisotopic (exact) mass is 343 g/mol. The van der Waals surface area contributed by atoms with E-state index in [1.165, 1.54) is 24.8 Å². The second-order valence-corrected chi connectivity index (χ2v) is 8.62. The Labute approximate surface area is 152 Å². The molecule has 1 saturated heterocycles. The summed E-state index contributed by atoms with van der Waals surface area (Å²) in [5, 5.41) is 0. The average molecular weight is 344 g/mol. The van der Waals surface area contributed by atoms with Crippen LogP contribution in [0.25, 0.3) is 0 Å². The fourth-order valence-corrected chi connectivity index (χ4v) is 4.99. The topological polar surface area (TPSA) is 29.5 Å². The molecule has 1 aliphatic carbocycles. The number of hydrogen-bond donors (Lipinski definition) is 0. The zero-order chi connectivity index (χ0) is 18.0. The van der Waals surface area contributed by atoms with Gasteiger partial charge in [-0.1, -0.05) is 57.5 Å². The quantitative estimate of drug-likeness (QED) is 0.737. The first kappa shape index (κ1) is 18.4. The molecule has 5 atom stereocenters. The van der Waals surface area contributed by atoms with Gasteiger partial charge in [0.1, 0.15) is 6.10 Å². The van der Waals surface area contributed by atoms with E-state index in [9.17, 15) is 4.79 Å². The number of esters is 1. The molecule has 2 fully saturated rings. The number of ether oxygens (including phenoxy) is 1. The molecule has 0 N–H and O–H groups in total. The van der Waals surface area contributed by atoms with Crippen LogP contribution in [0.15, 0.2) is 30.3 Å². The minimum atomic E-state index is -0.0179. The average Bonchev–Trinajstić information content (AvgIpc) is 2.97. The summed E-state index contributed by atoms with van der Waals surface area (Å²) in [5.41, 5.74) is 1.29. The minimum absolute atomic E-state index is 0.0179. The molecule has 1 aromatic carbocycles. The van der Waals surface area contributed by atoms with Gasteiger partial charge in [-0.3, -0.25) is 9.69 Å². The Kier molecular flexibility index (Phi) is 5.83. The van der Waals surface area contributed by atoms with E-state index in [-0.39, 0.29) is 18.1 Å². The summed E-state index contributed by atoms with van der Waals surface area (Å²) in [6, 6.07) is 10.7. The van der Waals surface area contributed by atoms with Crippen LogP contribution in [-0.4, -0.2) is 30.1 Å². The van der Waals surface area contributed by atoms with Gasteiger partial charge >= 0.3 is 5.97 Å². The first-order chi connectivity index (χ1) is 12.0. The molecule has 138 valence electrons. The molecule has 3 heteroatoms. The number of carbonyl (C=O) groups excluding carboxylic acids is 1. The molecule has 3 rings (SSSR count). The summed E-state index contributed by atoms with van der Waals surface area (Å²) >= 11 is 0. The van der Waals surface area contributed by atoms with Crippen LogP contribution in [0.3, 0.4) is 0 Å². The lowest BCUT2D eigenvalue weighted by molar-refractivity contribution is -0.146. The van der Waals surface area contributed by atoms with Crippen molar-refractivity contribution in [1.29, 1.82) is 0 Å². The molecule has 25 heavy (non-hydrogen) atoms. The van der Waals surface area contributed by atoms with Crippen LogP contribution >= 0.6 is 0 Å². The van der Waals surface area contributed by atoms with E-state index in [4.69, 9.17) is 4.74 Å². The predicted octanol–water partition coefficient (Wildman–Crippen LogP) is 4.51. The van der Waals surface area contributed by atoms with E-state index in [0.29, 0.717) is 24.2 Å². The van der Waals surface area contributed by atoms with Gasteiger partial charge in [-0.2, -0.15) is 0 Å². The van der Waals surface area contributed by atoms with Crippen molar-refractivity contribution < 1.29 is 9.53 Å². The van der Waals surface area contributed by atoms with Gasteiger partial charge in [-0.25, -0.2) is 0 Å². The Morgan fingerprint density at radius 1 is 1.20 bits per heavy atom. The molecule has 3 unspecified atom stereocenters. The Morgan fingerprint density at radius 2 is 1.92 bits per heavy atom. The highest BCUT2D eigenvalue weighted by Crippen LogP contribution is 2.44. The molecule has 2 aliphatic rings. The minimum Gasteiger partial charge on any atom is -0.460 e. The largest absolute Gasteiger partial charge is 0.460 e. The maximum atomic E-state index is 12.2. The van der Waals surface area contributed by atoms with Crippen LogP contribution in [0.1, 0.15) is 52.0 Å². The van der Waals surface area contributed by atoms with Crippen molar-refractivity contribution in [3.63, 3.8) is 0 Å². The van der Waals surface area contributed by atoms with Crippen molar-refractivity contribution in [3.05, 3.63) is 35.9 Å². The molecular formula is C22H33NO2. The van der Waals surface area contributed by atoms with Crippen molar-refractivity contribution in [2.45, 2.75) is 65.1 Å². The molecule has 0 bridgehead atoms. The maximum Gasteiger partial charge on any atom is 0.307 e. The lowest BCUT2D eigenvalue weighted by Crippen LogP contribution is -2.46. The number of cyclic esters (lactones) is 1. The summed E-state index contributed by atoms with van der Waals surface area (Å²) < 4.78 is 5.92. The first-order valence-electron chi connectivity index (χ1n) is 9.89. The fraction of sp³-hybridized carbons (Fsp3) is 0.682. The highest BCUT2D eigenvalue weighted by Gasteiger charge is 2.46. The summed E-state index contributed by atoms with van der Waals surface area (Å²) in [4.78, 5) is 14.5. The number of carbonyl (C=O) groups is 1. The summed E-state index contributed by atoms with van der Waals surface area (Å²) in [7, 11) is 2.14. The fourth-order valence-electron chi connectivity index (χ4n) is 4.99. The van der Waals surface area contributed by atoms with Crippen LogP contribution < -0.4 is 0 Å². The van der Waals surface area contributed by atoms with Gasteiger partial charge in [0.15, 0.2) is 0 Å². The van der Waals surface area contributed by atoms with Gasteiger partial charge in [0.2, 0.25) is 0 Å². The Morgan fingerprint density at radius 3 is 2.60 bits per heavy atom. The standard InChI is InChI=1S/C22H33NO2/c1-15(2)18-11-10-16(3)12-19(18)22-20(13-21(24)25-22)23(4)14-17-8-6-5-7-9-17/h5-9,15-16,18-20,22H,10-14H2,1-4H3/t16?,18?,19?,20-,22+/m1/s1. The van der Waals surface area contributed by atoms with E-state index >= 15 is 0 Å². The van der Waals surface area contributed by atoms with E-state index in [2.05, 4.69) is 57.0 Å². The second kappa shape index (κ2) is 7.90. The number of rotatable bonds is 5. The molecule has 3 nitrogen and oxygen atoms in total. The van der Waals surface area contributed by atoms with E-state index in [1.54, 1.807) is 0 Å². The molecule has 1 aliphatic heterocycles. The number of benzene rings is 1. The van der Waals surface area contributed by atoms with Crippen LogP contribution in [-0.2, 0) is 16.1 Å². The van der Waals surface area contributed by atoms with Crippen LogP contribution in [0.4, 0.5) is 0 Å². The van der Waals surface area contributed by atoms with E-state index in [1.807, 2.05) is 6.07 Å². The smallest absolute Gasteiger partial charge is 0.307 e. The zero-order valence-electron chi connectivity index (χ0n) is 16.2. The third-order valence-electron chi connectivity index (χ3n) is 6.36. The van der Waals surface area contributed by atoms with E-state index < -0.39 is 0 Å². The summed E-state index contributed by atoms with van der Waals surface area (Å²) in [6.07, 6.45) is 4.36. The SMILES string of the molecule is CC1CCC(C(C)C)C([C@@H]2OC(=O)C[C@H]2N(C)Cc2ccccc2)C1. The third-order valence-corrected chi connectivity index (χ3v) is 6.36. The number of likely N-dealkylation sites (N-methyl/N-ethyl adjacent to an activating group) is 1. The van der Waals surface area contributed by atoms with Gasteiger partial charge in [-0.15, -0.1) is 0 Å². The van der Waals surface area contributed by atoms with Crippen molar-refractivity contribution in [2.24, 2.45) is 23.7 Å². The Bertz CT molecular complexity index is 571. The molecule has 0 radical (unpaired) electrons. The lowest BCUT2D eigenvalue weighted by Gasteiger charge is -2.42. The van der Waals surface area contributed by atoms with Crippen LogP contribution in [0.5, 0.6) is 0 Å². The van der Waals surface area contributed by atoms with Gasteiger partial charge in [0.05, 0.1) is 12.5 Å². The normalized spacial score (nSPS) is 33.0. The molecule has 0 amide bonds. The van der Waals surface area contributed by atoms with Crippen molar-refractivity contribution >= 4 is 5.97 Å². The molecular weight excluding hydrogens is 310 g/mol. The third kappa shape index (κ3) is 4.25. The first-order valence-corrected chi connectivity index (χ1v) is 9.89. The molecule has 1 heterocycles. The van der Waals surface area contributed by atoms with Gasteiger partial charge < -0.3 is 4.74 Å². The predicted molar refractivity (Wildman–Crippen MR) is 101 cm³/mol. The van der Waals surface area contributed by atoms with Crippen LogP contribution in [0.2, 0.25) is 0 Å². The van der Waals surface area contributed by atoms with Gasteiger partial charge in [-0.05, 0) is 43.2 Å². The maximum absolute atomic E-state index is 12.2. The van der Waals surface area contributed by atoms with Crippen molar-refractivity contribution in [3.8, 4) is 0 Å². The van der Waals surface area contributed by atoms with Crippen molar-refractivity contribution in [1.82, 2.24) is 4.90 Å². The van der Waals surface area contributed by atoms with Crippen molar-refractivity contribution in [2.75, 3.05) is 7.05 Å². The highest BCUT2D eigenvalue weighted by molar-refractivity contribution is 5.73. The Hall–Kier alpha value is -1.35. The Balaban J connectivity index is 1.76. The molecule has 0 spiro atoms. The lowest BCUT2D eigenvalue weighted by atomic mass is 9.67.